The Balaban J connectivity index is 1.42. The number of carbonyl (C=O) groups is 2. The normalized spacial score (nSPS) is 10.7. The van der Waals surface area contributed by atoms with Crippen LogP contribution in [0.25, 0.3) is 0 Å². The van der Waals surface area contributed by atoms with Gasteiger partial charge >= 0.3 is 17.6 Å². The standard InChI is InChI=1S/C20H22BrN7O6/c1-11-4-5-14(8-12(11)2)33-10-16(29)22-6-7-23-19(30)20-24-15(26-34-20)9-27-13(3)17(21)18(25-27)28(31)32/h4-5,8H,6-7,9-10H2,1-3H3,(H,22,29)(H,23,30). The van der Waals surface area contributed by atoms with E-state index in [1.54, 1.807) is 13.0 Å². The quantitative estimate of drug-likeness (QED) is 0.223. The minimum Gasteiger partial charge on any atom is -0.484 e. The van der Waals surface area contributed by atoms with Crippen molar-refractivity contribution in [2.24, 2.45) is 0 Å². The van der Waals surface area contributed by atoms with Gasteiger partial charge in [0.2, 0.25) is 0 Å². The van der Waals surface area contributed by atoms with Gasteiger partial charge in [-0.3, -0.25) is 9.59 Å². The number of hydrogen-bond acceptors (Lipinski definition) is 9. The lowest BCUT2D eigenvalue weighted by Gasteiger charge is -2.09. The largest absolute Gasteiger partial charge is 0.484 e. The van der Waals surface area contributed by atoms with Crippen LogP contribution in [0.15, 0.2) is 27.2 Å². The van der Waals surface area contributed by atoms with Gasteiger partial charge in [0.1, 0.15) is 16.8 Å². The molecule has 0 saturated carbocycles. The van der Waals surface area contributed by atoms with Crippen molar-refractivity contribution in [2.45, 2.75) is 27.3 Å². The zero-order valence-electron chi connectivity index (χ0n) is 18.6. The Kier molecular flexibility index (Phi) is 7.94. The SMILES string of the molecule is Cc1ccc(OCC(=O)NCCNC(=O)c2nc(Cn3nc([N+](=O)[O-])c(Br)c3C)no2)cc1C. The van der Waals surface area contributed by atoms with E-state index in [9.17, 15) is 19.7 Å². The molecule has 0 aliphatic heterocycles. The molecule has 34 heavy (non-hydrogen) atoms. The maximum atomic E-state index is 12.2. The van der Waals surface area contributed by atoms with Gasteiger partial charge in [0.05, 0.1) is 10.8 Å². The molecule has 14 heteroatoms. The molecule has 3 rings (SSSR count). The lowest BCUT2D eigenvalue weighted by atomic mass is 10.1. The van der Waals surface area contributed by atoms with Crippen molar-refractivity contribution >= 4 is 33.6 Å². The summed E-state index contributed by atoms with van der Waals surface area (Å²) in [7, 11) is 0. The summed E-state index contributed by atoms with van der Waals surface area (Å²) in [5.74, 6) is -0.842. The van der Waals surface area contributed by atoms with Crippen LogP contribution in [0.5, 0.6) is 5.75 Å². The molecule has 1 aromatic carbocycles. The minimum atomic E-state index is -0.622. The highest BCUT2D eigenvalue weighted by Crippen LogP contribution is 2.27. The maximum absolute atomic E-state index is 12.2. The van der Waals surface area contributed by atoms with Gasteiger partial charge in [-0.15, -0.1) is 0 Å². The number of carbonyl (C=O) groups excluding carboxylic acids is 2. The second-order valence-corrected chi connectivity index (χ2v) is 8.09. The summed E-state index contributed by atoms with van der Waals surface area (Å²) in [6.45, 7) is 5.72. The van der Waals surface area contributed by atoms with Gasteiger partial charge < -0.3 is 30.0 Å². The van der Waals surface area contributed by atoms with E-state index >= 15 is 0 Å². The minimum absolute atomic E-state index is 0.0222. The molecule has 3 aromatic rings. The van der Waals surface area contributed by atoms with Gasteiger partial charge in [-0.2, -0.15) is 9.67 Å². The number of benzene rings is 1. The molecule has 0 radical (unpaired) electrons. The lowest BCUT2D eigenvalue weighted by Crippen LogP contribution is -2.36. The number of nitro groups is 1. The zero-order chi connectivity index (χ0) is 24.8. The fourth-order valence-electron chi connectivity index (χ4n) is 2.78. The Morgan fingerprint density at radius 1 is 1.21 bits per heavy atom. The number of nitrogens with zero attached hydrogens (tertiary/aromatic N) is 5. The molecule has 2 amide bonds. The highest BCUT2D eigenvalue weighted by Gasteiger charge is 2.25. The Morgan fingerprint density at radius 2 is 1.94 bits per heavy atom. The molecule has 0 aliphatic rings. The predicted octanol–water partition coefficient (Wildman–Crippen LogP) is 1.84. The number of aryl methyl sites for hydroxylation is 2. The average molecular weight is 536 g/mol. The maximum Gasteiger partial charge on any atom is 0.404 e. The van der Waals surface area contributed by atoms with Crippen molar-refractivity contribution in [3.63, 3.8) is 0 Å². The highest BCUT2D eigenvalue weighted by atomic mass is 79.9. The number of hydrogen-bond donors (Lipinski definition) is 2. The number of ether oxygens (including phenoxy) is 1. The van der Waals surface area contributed by atoms with E-state index in [1.165, 1.54) is 4.68 Å². The fourth-order valence-corrected chi connectivity index (χ4v) is 3.21. The number of halogens is 1. The van der Waals surface area contributed by atoms with Crippen molar-refractivity contribution in [3.8, 4) is 5.75 Å². The molecular weight excluding hydrogens is 514 g/mol. The van der Waals surface area contributed by atoms with E-state index in [0.717, 1.165) is 11.1 Å². The summed E-state index contributed by atoms with van der Waals surface area (Å²) in [6, 6.07) is 5.57. The molecule has 0 fully saturated rings. The van der Waals surface area contributed by atoms with Crippen molar-refractivity contribution < 1.29 is 23.8 Å². The monoisotopic (exact) mass is 535 g/mol. The van der Waals surface area contributed by atoms with E-state index < -0.39 is 10.8 Å². The van der Waals surface area contributed by atoms with Crippen LogP contribution >= 0.6 is 15.9 Å². The summed E-state index contributed by atoms with van der Waals surface area (Å²) in [5, 5.41) is 23.7. The summed E-state index contributed by atoms with van der Waals surface area (Å²) < 4.78 is 12.0. The Bertz CT molecular complexity index is 1220. The van der Waals surface area contributed by atoms with E-state index in [-0.39, 0.29) is 54.2 Å². The van der Waals surface area contributed by atoms with Crippen molar-refractivity contribution in [3.05, 3.63) is 61.3 Å². The topological polar surface area (TPSA) is 167 Å². The Labute approximate surface area is 202 Å². The van der Waals surface area contributed by atoms with E-state index in [0.29, 0.717) is 11.4 Å². The highest BCUT2D eigenvalue weighted by molar-refractivity contribution is 9.10. The second kappa shape index (κ2) is 10.9. The van der Waals surface area contributed by atoms with Gasteiger partial charge in [0, 0.05) is 13.1 Å². The van der Waals surface area contributed by atoms with Crippen LogP contribution in [0.4, 0.5) is 5.82 Å². The molecule has 2 heterocycles. The average Bonchev–Trinajstić information content (AvgIpc) is 3.38. The Morgan fingerprint density at radius 3 is 2.62 bits per heavy atom. The first kappa shape index (κ1) is 24.8. The molecule has 13 nitrogen and oxygen atoms in total. The molecule has 0 bridgehead atoms. The van der Waals surface area contributed by atoms with Crippen LogP contribution < -0.4 is 15.4 Å². The molecule has 2 N–H and O–H groups in total. The Hall–Kier alpha value is -3.81. The summed E-state index contributed by atoms with van der Waals surface area (Å²) >= 11 is 3.12. The van der Waals surface area contributed by atoms with Gasteiger partial charge in [-0.25, -0.2) is 0 Å². The van der Waals surface area contributed by atoms with Crippen LogP contribution in [0.3, 0.4) is 0 Å². The van der Waals surface area contributed by atoms with Gasteiger partial charge in [0.25, 0.3) is 5.91 Å². The molecule has 0 aliphatic carbocycles. The molecule has 2 aromatic heterocycles. The van der Waals surface area contributed by atoms with Crippen LogP contribution in [0.1, 0.15) is 33.3 Å². The number of aromatic nitrogens is 4. The van der Waals surface area contributed by atoms with Crippen LogP contribution in [0, 0.1) is 30.9 Å². The molecule has 0 atom stereocenters. The lowest BCUT2D eigenvalue weighted by molar-refractivity contribution is -0.390. The third kappa shape index (κ3) is 6.15. The first-order valence-electron chi connectivity index (χ1n) is 10.1. The van der Waals surface area contributed by atoms with Gasteiger partial charge in [-0.1, -0.05) is 11.2 Å². The molecule has 0 spiro atoms. The zero-order valence-corrected chi connectivity index (χ0v) is 20.2. The van der Waals surface area contributed by atoms with Crippen molar-refractivity contribution in [1.29, 1.82) is 0 Å². The molecule has 0 saturated heterocycles. The molecule has 180 valence electrons. The van der Waals surface area contributed by atoms with Crippen molar-refractivity contribution in [1.82, 2.24) is 30.6 Å². The number of nitrogens with one attached hydrogen (secondary N) is 2. The van der Waals surface area contributed by atoms with E-state index in [1.807, 2.05) is 26.0 Å². The van der Waals surface area contributed by atoms with Crippen molar-refractivity contribution in [2.75, 3.05) is 19.7 Å². The fraction of sp³-hybridized carbons (Fsp3) is 0.350. The number of amides is 2. The smallest absolute Gasteiger partial charge is 0.404 e. The summed E-state index contributed by atoms with van der Waals surface area (Å²) in [4.78, 5) is 38.4. The predicted molar refractivity (Wildman–Crippen MR) is 121 cm³/mol. The summed E-state index contributed by atoms with van der Waals surface area (Å²) in [5.41, 5.74) is 2.70. The first-order valence-corrected chi connectivity index (χ1v) is 10.9. The third-order valence-electron chi connectivity index (χ3n) is 4.82. The summed E-state index contributed by atoms with van der Waals surface area (Å²) in [6.07, 6.45) is 0. The first-order chi connectivity index (χ1) is 16.2. The van der Waals surface area contributed by atoms with Crippen LogP contribution in [0.2, 0.25) is 0 Å². The van der Waals surface area contributed by atoms with E-state index in [4.69, 9.17) is 9.26 Å². The van der Waals surface area contributed by atoms with Gasteiger partial charge in [-0.05, 0) is 64.9 Å². The third-order valence-corrected chi connectivity index (χ3v) is 5.75. The number of rotatable bonds is 10. The van der Waals surface area contributed by atoms with Crippen LogP contribution in [-0.2, 0) is 11.3 Å². The van der Waals surface area contributed by atoms with E-state index in [2.05, 4.69) is 41.8 Å². The molecular formula is C20H22BrN7O6. The van der Waals surface area contributed by atoms with Crippen LogP contribution in [-0.4, -0.2) is 56.4 Å². The second-order valence-electron chi connectivity index (χ2n) is 7.29. The van der Waals surface area contributed by atoms with Gasteiger partial charge in [0.15, 0.2) is 12.4 Å². The molecule has 0 unspecified atom stereocenters.